The molecule has 0 aromatic heterocycles. The standard InChI is InChI=1S/C30H42N2O7/c1-14-12-18-19-13-16-9-10-21(33)26-27(35)20(32-30(26)38)7-5-11-31-22(34)8-4-6-17(16)24(19)28(36)29(37)25(18)23(14)15(2)39-3/h4,8-10,14-20,23-25,28-29,33,36-37H,5-7,11-13H2,1-3H3,(H,31,34)(H,32,38)/t14-,15-,16-,17+,18-,19-,20+,23+,24-,25-,28+,29+/m1/s1. The number of aliphatic hydroxyl groups excluding tert-OH is 3. The molecule has 0 unspecified atom stereocenters. The maximum atomic E-state index is 12.9. The van der Waals surface area contributed by atoms with E-state index < -0.39 is 29.9 Å². The van der Waals surface area contributed by atoms with E-state index in [1.165, 1.54) is 12.2 Å². The highest BCUT2D eigenvalue weighted by Crippen LogP contribution is 2.61. The predicted octanol–water partition coefficient (Wildman–Crippen LogP) is 1.81. The number of hydrogen-bond acceptors (Lipinski definition) is 7. The van der Waals surface area contributed by atoms with Crippen LogP contribution < -0.4 is 10.6 Å². The van der Waals surface area contributed by atoms with Gasteiger partial charge >= 0.3 is 0 Å². The first-order valence-corrected chi connectivity index (χ1v) is 14.4. The number of carbonyl (C=O) groups is 3. The number of nitrogens with one attached hydrogen (secondary N) is 2. The van der Waals surface area contributed by atoms with E-state index in [0.717, 1.165) is 12.8 Å². The molecule has 0 radical (unpaired) electrons. The van der Waals surface area contributed by atoms with Gasteiger partial charge < -0.3 is 30.7 Å². The van der Waals surface area contributed by atoms with E-state index >= 15 is 0 Å². The Labute approximate surface area is 229 Å². The SMILES string of the molecule is CO[C@H](C)[C@H]1[C@@H]2[C@H](O)[C@@H](O)[C@H]3[C@H](C[C@H]4C=CC(O)=C5C(=O)N[C@@H](CCCNC(=O)C=CC[C@H]34)C5=O)[C@H]2C[C@H]1C. The molecule has 9 nitrogen and oxygen atoms in total. The van der Waals surface area contributed by atoms with Crippen molar-refractivity contribution in [2.75, 3.05) is 13.7 Å². The van der Waals surface area contributed by atoms with Crippen LogP contribution in [0.2, 0.25) is 0 Å². The highest BCUT2D eigenvalue weighted by atomic mass is 16.5. The van der Waals surface area contributed by atoms with E-state index in [2.05, 4.69) is 17.6 Å². The summed E-state index contributed by atoms with van der Waals surface area (Å²) in [5.74, 6) is -1.12. The molecule has 0 spiro atoms. The minimum Gasteiger partial charge on any atom is -0.507 e. The number of ketones is 1. The van der Waals surface area contributed by atoms with E-state index in [4.69, 9.17) is 4.74 Å². The fourth-order valence-electron chi connectivity index (χ4n) is 8.74. The van der Waals surface area contributed by atoms with Gasteiger partial charge in [0.05, 0.1) is 24.4 Å². The second-order valence-electron chi connectivity index (χ2n) is 12.3. The van der Waals surface area contributed by atoms with E-state index in [0.29, 0.717) is 31.7 Å². The molecule has 0 aromatic carbocycles. The first-order chi connectivity index (χ1) is 18.6. The number of methoxy groups -OCH3 is 1. The number of allylic oxidation sites excluding steroid dienone is 3. The molecule has 2 aliphatic heterocycles. The third-order valence-corrected chi connectivity index (χ3v) is 10.4. The van der Waals surface area contributed by atoms with Crippen molar-refractivity contribution in [3.8, 4) is 0 Å². The van der Waals surface area contributed by atoms with Crippen LogP contribution in [0.5, 0.6) is 0 Å². The zero-order chi connectivity index (χ0) is 28.0. The molecule has 39 heavy (non-hydrogen) atoms. The van der Waals surface area contributed by atoms with Crippen molar-refractivity contribution in [2.45, 2.75) is 70.3 Å². The molecular weight excluding hydrogens is 500 g/mol. The first-order valence-electron chi connectivity index (χ1n) is 14.4. The lowest BCUT2D eigenvalue weighted by atomic mass is 9.62. The summed E-state index contributed by atoms with van der Waals surface area (Å²) in [5, 5.41) is 39.2. The molecule has 214 valence electrons. The molecule has 0 aromatic rings. The van der Waals surface area contributed by atoms with Crippen LogP contribution in [0.4, 0.5) is 0 Å². The fourth-order valence-corrected chi connectivity index (χ4v) is 8.74. The summed E-state index contributed by atoms with van der Waals surface area (Å²) >= 11 is 0. The quantitative estimate of drug-likeness (QED) is 0.335. The molecule has 9 heteroatoms. The fraction of sp³-hybridized carbons (Fsp3) is 0.700. The van der Waals surface area contributed by atoms with Crippen LogP contribution in [-0.2, 0) is 19.1 Å². The number of ether oxygens (including phenoxy) is 1. The Morgan fingerprint density at radius 3 is 2.49 bits per heavy atom. The maximum absolute atomic E-state index is 12.9. The molecule has 1 saturated heterocycles. The monoisotopic (exact) mass is 542 g/mol. The normalized spacial score (nSPS) is 43.5. The highest BCUT2D eigenvalue weighted by molar-refractivity contribution is 6.27. The molecule has 3 aliphatic carbocycles. The van der Waals surface area contributed by atoms with Crippen LogP contribution >= 0.6 is 0 Å². The van der Waals surface area contributed by atoms with Crippen LogP contribution in [0.25, 0.3) is 0 Å². The lowest BCUT2D eigenvalue weighted by molar-refractivity contribution is -0.139. The smallest absolute Gasteiger partial charge is 0.259 e. The summed E-state index contributed by atoms with van der Waals surface area (Å²) in [6.45, 7) is 4.59. The van der Waals surface area contributed by atoms with Gasteiger partial charge in [-0.3, -0.25) is 14.4 Å². The van der Waals surface area contributed by atoms with Crippen molar-refractivity contribution in [3.63, 3.8) is 0 Å². The Bertz CT molecular complexity index is 1080. The molecular formula is C30H42N2O7. The minimum atomic E-state index is -0.917. The lowest BCUT2D eigenvalue weighted by Gasteiger charge is -2.47. The molecule has 5 aliphatic rings. The van der Waals surface area contributed by atoms with E-state index in [9.17, 15) is 29.7 Å². The predicted molar refractivity (Wildman–Crippen MR) is 143 cm³/mol. The summed E-state index contributed by atoms with van der Waals surface area (Å²) < 4.78 is 5.69. The third-order valence-electron chi connectivity index (χ3n) is 10.4. The van der Waals surface area contributed by atoms with Crippen LogP contribution in [0, 0.1) is 47.3 Å². The number of rotatable bonds is 2. The van der Waals surface area contributed by atoms with Crippen LogP contribution in [0.3, 0.4) is 0 Å². The molecule has 2 amide bonds. The van der Waals surface area contributed by atoms with Crippen molar-refractivity contribution in [1.82, 2.24) is 10.6 Å². The van der Waals surface area contributed by atoms with Gasteiger partial charge in [-0.1, -0.05) is 19.1 Å². The molecule has 5 rings (SSSR count). The number of carbonyl (C=O) groups excluding carboxylic acids is 3. The number of Topliss-reactive ketones (excluding diaryl/α,β-unsaturated/α-hetero) is 1. The van der Waals surface area contributed by atoms with Gasteiger partial charge in [0.25, 0.3) is 5.91 Å². The molecule has 2 heterocycles. The summed E-state index contributed by atoms with van der Waals surface area (Å²) in [5.41, 5.74) is -0.226. The van der Waals surface area contributed by atoms with Gasteiger partial charge in [0, 0.05) is 13.7 Å². The summed E-state index contributed by atoms with van der Waals surface area (Å²) in [6.07, 6.45) is 7.93. The number of aliphatic hydroxyl groups is 3. The zero-order valence-electron chi connectivity index (χ0n) is 23.0. The van der Waals surface area contributed by atoms with E-state index in [1.807, 2.05) is 19.1 Å². The Balaban J connectivity index is 1.49. The van der Waals surface area contributed by atoms with Gasteiger partial charge in [-0.2, -0.15) is 0 Å². The van der Waals surface area contributed by atoms with Gasteiger partial charge in [0.15, 0.2) is 5.78 Å². The Hall–Kier alpha value is -2.49. The molecule has 4 fully saturated rings. The summed E-state index contributed by atoms with van der Waals surface area (Å²) in [4.78, 5) is 37.8. The van der Waals surface area contributed by atoms with E-state index in [1.54, 1.807) is 7.11 Å². The Morgan fingerprint density at radius 2 is 1.74 bits per heavy atom. The number of amides is 2. The summed E-state index contributed by atoms with van der Waals surface area (Å²) in [7, 11) is 1.69. The summed E-state index contributed by atoms with van der Waals surface area (Å²) in [6, 6.07) is -0.717. The minimum absolute atomic E-state index is 0.0344. The zero-order valence-corrected chi connectivity index (χ0v) is 23.0. The van der Waals surface area contributed by atoms with E-state index in [-0.39, 0.29) is 64.8 Å². The average molecular weight is 543 g/mol. The second kappa shape index (κ2) is 11.2. The molecule has 3 saturated carbocycles. The average Bonchev–Trinajstić information content (AvgIpc) is 3.53. The van der Waals surface area contributed by atoms with Crippen LogP contribution in [0.1, 0.15) is 46.0 Å². The topological polar surface area (TPSA) is 145 Å². The maximum Gasteiger partial charge on any atom is 0.259 e. The molecule has 2 bridgehead atoms. The van der Waals surface area contributed by atoms with Gasteiger partial charge in [-0.05, 0) is 98.5 Å². The van der Waals surface area contributed by atoms with Crippen LogP contribution in [-0.4, -0.2) is 70.9 Å². The third kappa shape index (κ3) is 4.98. The number of fused-ring (bicyclic) bond motifs is 7. The second-order valence-corrected chi connectivity index (χ2v) is 12.3. The molecule has 5 N–H and O–H groups in total. The van der Waals surface area contributed by atoms with Crippen molar-refractivity contribution in [2.24, 2.45) is 47.3 Å². The highest BCUT2D eigenvalue weighted by Gasteiger charge is 2.61. The first kappa shape index (κ1) is 28.1. The van der Waals surface area contributed by atoms with Crippen molar-refractivity contribution >= 4 is 17.6 Å². The Kier molecular flexibility index (Phi) is 8.04. The molecule has 12 atom stereocenters. The largest absolute Gasteiger partial charge is 0.507 e. The van der Waals surface area contributed by atoms with Gasteiger partial charge in [-0.25, -0.2) is 0 Å². The van der Waals surface area contributed by atoms with Gasteiger partial charge in [0.1, 0.15) is 11.3 Å². The Morgan fingerprint density at radius 1 is 1.03 bits per heavy atom. The number of hydrogen-bond donors (Lipinski definition) is 5. The lowest BCUT2D eigenvalue weighted by Crippen LogP contribution is -2.53. The van der Waals surface area contributed by atoms with Gasteiger partial charge in [-0.15, -0.1) is 0 Å². The van der Waals surface area contributed by atoms with Crippen LogP contribution in [0.15, 0.2) is 35.6 Å². The van der Waals surface area contributed by atoms with Gasteiger partial charge in [0.2, 0.25) is 5.91 Å². The van der Waals surface area contributed by atoms with Crippen molar-refractivity contribution in [1.29, 1.82) is 0 Å². The van der Waals surface area contributed by atoms with Crippen molar-refractivity contribution < 1.29 is 34.4 Å². The van der Waals surface area contributed by atoms with Crippen molar-refractivity contribution in [3.05, 3.63) is 35.6 Å².